The lowest BCUT2D eigenvalue weighted by Gasteiger charge is -2.24. The number of likely N-dealkylation sites (N-methyl/N-ethyl adjacent to an activating group) is 2. The van der Waals surface area contributed by atoms with Gasteiger partial charge >= 0.3 is 0 Å². The predicted octanol–water partition coefficient (Wildman–Crippen LogP) is 4.06. The fraction of sp³-hybridized carbons (Fsp3) is 0.483. The molecule has 0 bridgehead atoms. The van der Waals surface area contributed by atoms with Gasteiger partial charge in [0.05, 0.1) is 43.7 Å². The molecule has 2 N–H and O–H groups in total. The minimum absolute atomic E-state index is 0.104. The molecule has 3 aliphatic rings. The molecular weight excluding hydrogens is 575 g/mol. The Morgan fingerprint density at radius 2 is 1.46 bits per heavy atom. The van der Waals surface area contributed by atoms with Crippen LogP contribution in [0.1, 0.15) is 57.0 Å². The molecule has 218 valence electrons. The highest BCUT2D eigenvalue weighted by molar-refractivity contribution is 7.11. The third-order valence-corrected chi connectivity index (χ3v) is 10.2. The number of carbonyl (C=O) groups excluding carboxylic acids is 2. The first-order valence-corrected chi connectivity index (χ1v) is 16.4. The second-order valence-corrected chi connectivity index (χ2v) is 14.1. The van der Waals surface area contributed by atoms with E-state index in [9.17, 15) is 9.59 Å². The maximum atomic E-state index is 12.8. The van der Waals surface area contributed by atoms with Crippen LogP contribution in [0.15, 0.2) is 41.0 Å². The molecule has 2 unspecified atom stereocenters. The standard InChI is InChI=1S/C16H21N3OS.C13H16N4OS2/c1-16(2)6-4-11(8-16)9-19-7-5-12-14(21-10-18-12)13(17-3)15(19)20;1-8-15-5-9(20-8)6-17-4-3-10-12(19-7-16-10)11(14-2)13(17)18/h4,6,8,10,13,17H,5,7,9H2,1-3H3;5,7,11,14H,3-4,6H2,1-2H3. The first-order chi connectivity index (χ1) is 19.7. The van der Waals surface area contributed by atoms with Crippen LogP contribution in [0.5, 0.6) is 0 Å². The van der Waals surface area contributed by atoms with Crippen LogP contribution >= 0.6 is 34.0 Å². The molecule has 2 amide bonds. The zero-order chi connectivity index (χ0) is 29.1. The van der Waals surface area contributed by atoms with Crippen molar-refractivity contribution in [3.63, 3.8) is 0 Å². The Morgan fingerprint density at radius 1 is 0.902 bits per heavy atom. The summed E-state index contributed by atoms with van der Waals surface area (Å²) in [6, 6.07) is -0.525. The van der Waals surface area contributed by atoms with Crippen molar-refractivity contribution in [1.82, 2.24) is 35.4 Å². The van der Waals surface area contributed by atoms with E-state index in [1.54, 1.807) is 34.0 Å². The number of nitrogens with zero attached hydrogens (tertiary/aromatic N) is 5. The van der Waals surface area contributed by atoms with Crippen molar-refractivity contribution in [1.29, 1.82) is 0 Å². The second-order valence-electron chi connectivity index (χ2n) is 11.0. The van der Waals surface area contributed by atoms with Crippen molar-refractivity contribution in [3.8, 4) is 0 Å². The van der Waals surface area contributed by atoms with E-state index in [0.717, 1.165) is 50.4 Å². The summed E-state index contributed by atoms with van der Waals surface area (Å²) in [4.78, 5) is 45.6. The van der Waals surface area contributed by atoms with Crippen LogP contribution in [0.25, 0.3) is 0 Å². The molecule has 0 aromatic carbocycles. The summed E-state index contributed by atoms with van der Waals surface area (Å²) in [5.74, 6) is 0.279. The molecule has 41 heavy (non-hydrogen) atoms. The van der Waals surface area contributed by atoms with Crippen molar-refractivity contribution in [2.45, 2.75) is 52.2 Å². The maximum Gasteiger partial charge on any atom is 0.245 e. The van der Waals surface area contributed by atoms with Crippen LogP contribution in [-0.2, 0) is 29.0 Å². The number of amides is 2. The smallest absolute Gasteiger partial charge is 0.245 e. The molecule has 0 radical (unpaired) electrons. The van der Waals surface area contributed by atoms with E-state index in [1.807, 2.05) is 48.0 Å². The molecule has 0 saturated carbocycles. The van der Waals surface area contributed by atoms with E-state index in [1.165, 1.54) is 5.57 Å². The molecule has 2 atom stereocenters. The van der Waals surface area contributed by atoms with Gasteiger partial charge in [0.15, 0.2) is 0 Å². The zero-order valence-electron chi connectivity index (χ0n) is 24.1. The Labute approximate surface area is 253 Å². The number of nitrogens with one attached hydrogen (secondary N) is 2. The van der Waals surface area contributed by atoms with Crippen molar-refractivity contribution in [3.05, 3.63) is 72.0 Å². The topological polar surface area (TPSA) is 103 Å². The Balaban J connectivity index is 0.000000165. The number of hydrogen-bond acceptors (Lipinski definition) is 10. The molecule has 5 heterocycles. The number of hydrogen-bond donors (Lipinski definition) is 2. The fourth-order valence-electron chi connectivity index (χ4n) is 5.40. The summed E-state index contributed by atoms with van der Waals surface area (Å²) in [6.45, 7) is 9.11. The number of allylic oxidation sites excluding steroid dienone is 2. The number of fused-ring (bicyclic) bond motifs is 2. The van der Waals surface area contributed by atoms with Gasteiger partial charge < -0.3 is 20.4 Å². The summed E-state index contributed by atoms with van der Waals surface area (Å²) in [7, 11) is 3.67. The van der Waals surface area contributed by atoms with Gasteiger partial charge in [-0.05, 0) is 26.6 Å². The summed E-state index contributed by atoms with van der Waals surface area (Å²) in [5.41, 5.74) is 7.10. The average molecular weight is 612 g/mol. The number of thiazole rings is 3. The van der Waals surface area contributed by atoms with Gasteiger partial charge in [0.25, 0.3) is 0 Å². The Morgan fingerprint density at radius 3 is 1.93 bits per heavy atom. The largest absolute Gasteiger partial charge is 0.336 e. The van der Waals surface area contributed by atoms with Gasteiger partial charge in [-0.15, -0.1) is 34.0 Å². The van der Waals surface area contributed by atoms with Crippen molar-refractivity contribution in [2.24, 2.45) is 5.41 Å². The summed E-state index contributed by atoms with van der Waals surface area (Å²) < 4.78 is 0. The summed E-state index contributed by atoms with van der Waals surface area (Å²) in [6.07, 6.45) is 10.1. The average Bonchev–Trinajstić information content (AvgIpc) is 3.72. The molecule has 0 saturated heterocycles. The van der Waals surface area contributed by atoms with Crippen molar-refractivity contribution in [2.75, 3.05) is 33.7 Å². The monoisotopic (exact) mass is 611 g/mol. The fourth-order valence-corrected chi connectivity index (χ4v) is 8.09. The molecule has 6 rings (SSSR count). The summed E-state index contributed by atoms with van der Waals surface area (Å²) in [5, 5.41) is 7.31. The second kappa shape index (κ2) is 12.6. The van der Waals surface area contributed by atoms with Gasteiger partial charge in [-0.1, -0.05) is 32.1 Å². The highest BCUT2D eigenvalue weighted by Crippen LogP contribution is 2.32. The predicted molar refractivity (Wildman–Crippen MR) is 165 cm³/mol. The number of rotatable bonds is 6. The molecule has 9 nitrogen and oxygen atoms in total. The highest BCUT2D eigenvalue weighted by atomic mass is 32.1. The highest BCUT2D eigenvalue weighted by Gasteiger charge is 2.33. The lowest BCUT2D eigenvalue weighted by atomic mass is 9.96. The van der Waals surface area contributed by atoms with E-state index in [2.05, 4.69) is 57.7 Å². The first-order valence-electron chi connectivity index (χ1n) is 13.8. The minimum Gasteiger partial charge on any atom is -0.336 e. The van der Waals surface area contributed by atoms with Crippen LogP contribution in [0.4, 0.5) is 0 Å². The van der Waals surface area contributed by atoms with Gasteiger partial charge in [0.1, 0.15) is 12.1 Å². The van der Waals surface area contributed by atoms with Crippen LogP contribution < -0.4 is 10.6 Å². The normalized spacial score (nSPS) is 21.5. The first kappa shape index (κ1) is 29.7. The molecule has 1 aliphatic carbocycles. The summed E-state index contributed by atoms with van der Waals surface area (Å²) >= 11 is 4.77. The quantitative estimate of drug-likeness (QED) is 0.433. The Kier molecular flexibility index (Phi) is 9.15. The third kappa shape index (κ3) is 6.67. The zero-order valence-corrected chi connectivity index (χ0v) is 26.6. The molecular formula is C29H37N7O2S3. The Hall–Kier alpha value is -2.77. The lowest BCUT2D eigenvalue weighted by molar-refractivity contribution is -0.134. The molecule has 12 heteroatoms. The van der Waals surface area contributed by atoms with Crippen molar-refractivity contribution >= 4 is 45.8 Å². The molecule has 0 fully saturated rings. The van der Waals surface area contributed by atoms with Gasteiger partial charge in [-0.2, -0.15) is 0 Å². The molecule has 3 aromatic heterocycles. The van der Waals surface area contributed by atoms with Gasteiger partial charge in [0, 0.05) is 49.0 Å². The molecule has 2 aliphatic heterocycles. The third-order valence-electron chi connectivity index (χ3n) is 7.47. The van der Waals surface area contributed by atoms with Gasteiger partial charge in [-0.25, -0.2) is 15.0 Å². The van der Waals surface area contributed by atoms with Crippen molar-refractivity contribution < 1.29 is 9.59 Å². The van der Waals surface area contributed by atoms with Gasteiger partial charge in [0.2, 0.25) is 11.8 Å². The van der Waals surface area contributed by atoms with E-state index in [0.29, 0.717) is 19.6 Å². The lowest BCUT2D eigenvalue weighted by Crippen LogP contribution is -2.39. The number of aromatic nitrogens is 3. The van der Waals surface area contributed by atoms with Crippen LogP contribution in [0.3, 0.4) is 0 Å². The van der Waals surface area contributed by atoms with E-state index in [4.69, 9.17) is 0 Å². The maximum absolute atomic E-state index is 12.8. The van der Waals surface area contributed by atoms with Crippen LogP contribution in [0, 0.1) is 12.3 Å². The molecule has 3 aromatic rings. The van der Waals surface area contributed by atoms with E-state index < -0.39 is 0 Å². The van der Waals surface area contributed by atoms with E-state index in [-0.39, 0.29) is 29.3 Å². The minimum atomic E-state index is -0.269. The Bertz CT molecular complexity index is 1450. The number of carbonyl (C=O) groups is 2. The van der Waals surface area contributed by atoms with Crippen LogP contribution in [0.2, 0.25) is 0 Å². The van der Waals surface area contributed by atoms with E-state index >= 15 is 0 Å². The van der Waals surface area contributed by atoms with Crippen LogP contribution in [-0.4, -0.2) is 70.3 Å². The molecule has 0 spiro atoms. The SMILES string of the molecule is CNC1C(=O)N(CC2=CC(C)(C)C=C2)CCc2ncsc21.CNC1C(=O)N(Cc2cnc(C)s2)CCc2ncsc21. The number of aryl methyl sites for hydroxylation is 1. The van der Waals surface area contributed by atoms with Gasteiger partial charge in [-0.3, -0.25) is 9.59 Å².